The minimum absolute atomic E-state index is 0.670. The molecule has 0 saturated carbocycles. The average molecular weight is 355 g/mol. The molecule has 1 aromatic heterocycles. The predicted octanol–water partition coefficient (Wildman–Crippen LogP) is 2.28. The molecule has 140 valence electrons. The Morgan fingerprint density at radius 3 is 2.77 bits per heavy atom. The molecule has 0 fully saturated rings. The number of aromatic nitrogens is 2. The van der Waals surface area contributed by atoms with Gasteiger partial charge in [0.15, 0.2) is 5.96 Å². The third kappa shape index (κ3) is 3.90. The van der Waals surface area contributed by atoms with Crippen LogP contribution < -0.4 is 5.32 Å². The summed E-state index contributed by atoms with van der Waals surface area (Å²) in [5, 5.41) is 8.17. The van der Waals surface area contributed by atoms with Crippen LogP contribution in [-0.4, -0.2) is 47.9 Å². The summed E-state index contributed by atoms with van der Waals surface area (Å²) in [6.07, 6.45) is 1.06. The summed E-state index contributed by atoms with van der Waals surface area (Å²) in [4.78, 5) is 6.82. The van der Waals surface area contributed by atoms with Crippen molar-refractivity contribution in [1.82, 2.24) is 20.0 Å². The van der Waals surface area contributed by atoms with Gasteiger partial charge < -0.3 is 15.0 Å². The Kier molecular flexibility index (Phi) is 5.93. The maximum atomic E-state index is 5.17. The number of benzene rings is 1. The van der Waals surface area contributed by atoms with Crippen LogP contribution >= 0.6 is 0 Å². The van der Waals surface area contributed by atoms with Gasteiger partial charge in [-0.3, -0.25) is 9.67 Å². The summed E-state index contributed by atoms with van der Waals surface area (Å²) in [5.74, 6) is 0.947. The monoisotopic (exact) mass is 355 g/mol. The normalized spacial score (nSPS) is 14.5. The molecule has 1 aliphatic rings. The highest BCUT2D eigenvalue weighted by atomic mass is 16.5. The Balaban J connectivity index is 1.66. The molecule has 26 heavy (non-hydrogen) atoms. The molecule has 0 saturated heterocycles. The van der Waals surface area contributed by atoms with Crippen LogP contribution in [0.15, 0.2) is 29.3 Å². The SMILES string of the molecule is CN=C(NCc1c(C)nn(CCOC)c1C)N1CCc2ccccc2C1. The molecular weight excluding hydrogens is 326 g/mol. The van der Waals surface area contributed by atoms with Crippen molar-refractivity contribution in [3.63, 3.8) is 0 Å². The van der Waals surface area contributed by atoms with Crippen molar-refractivity contribution in [1.29, 1.82) is 0 Å². The molecular formula is C20H29N5O. The fourth-order valence-corrected chi connectivity index (χ4v) is 3.56. The minimum Gasteiger partial charge on any atom is -0.383 e. The van der Waals surface area contributed by atoms with Crippen LogP contribution in [0.4, 0.5) is 0 Å². The quantitative estimate of drug-likeness (QED) is 0.660. The second kappa shape index (κ2) is 8.36. The zero-order valence-electron chi connectivity index (χ0n) is 16.2. The molecule has 0 atom stereocenters. The maximum absolute atomic E-state index is 5.17. The largest absolute Gasteiger partial charge is 0.383 e. The van der Waals surface area contributed by atoms with Crippen molar-refractivity contribution in [2.75, 3.05) is 27.3 Å². The van der Waals surface area contributed by atoms with E-state index in [0.29, 0.717) is 6.61 Å². The summed E-state index contributed by atoms with van der Waals surface area (Å²) in [7, 11) is 3.57. The van der Waals surface area contributed by atoms with Crippen molar-refractivity contribution in [3.8, 4) is 0 Å². The van der Waals surface area contributed by atoms with E-state index in [-0.39, 0.29) is 0 Å². The number of ether oxygens (including phenoxy) is 1. The maximum Gasteiger partial charge on any atom is 0.194 e. The fourth-order valence-electron chi connectivity index (χ4n) is 3.56. The van der Waals surface area contributed by atoms with E-state index in [1.54, 1.807) is 7.11 Å². The molecule has 2 heterocycles. The van der Waals surface area contributed by atoms with Crippen molar-refractivity contribution >= 4 is 5.96 Å². The van der Waals surface area contributed by atoms with Crippen LogP contribution in [0.2, 0.25) is 0 Å². The van der Waals surface area contributed by atoms with Gasteiger partial charge in [-0.15, -0.1) is 0 Å². The lowest BCUT2D eigenvalue weighted by atomic mass is 10.0. The van der Waals surface area contributed by atoms with Crippen molar-refractivity contribution in [2.24, 2.45) is 4.99 Å². The van der Waals surface area contributed by atoms with Crippen LogP contribution in [0.1, 0.15) is 28.1 Å². The van der Waals surface area contributed by atoms with Crippen LogP contribution in [0.3, 0.4) is 0 Å². The van der Waals surface area contributed by atoms with Gasteiger partial charge >= 0.3 is 0 Å². The van der Waals surface area contributed by atoms with Gasteiger partial charge in [0.05, 0.1) is 18.8 Å². The summed E-state index contributed by atoms with van der Waals surface area (Å²) in [6, 6.07) is 8.67. The molecule has 2 aromatic rings. The Bertz CT molecular complexity index is 781. The number of hydrogen-bond donors (Lipinski definition) is 1. The molecule has 0 bridgehead atoms. The number of hydrogen-bond acceptors (Lipinski definition) is 3. The summed E-state index contributed by atoms with van der Waals surface area (Å²) >= 11 is 0. The molecule has 0 radical (unpaired) electrons. The van der Waals surface area contributed by atoms with Crippen molar-refractivity contribution in [2.45, 2.75) is 39.9 Å². The number of methoxy groups -OCH3 is 1. The lowest BCUT2D eigenvalue weighted by molar-refractivity contribution is 0.182. The van der Waals surface area contributed by atoms with Gasteiger partial charge in [0, 0.05) is 45.0 Å². The third-order valence-electron chi connectivity index (χ3n) is 5.10. The van der Waals surface area contributed by atoms with Crippen LogP contribution in [0.25, 0.3) is 0 Å². The molecule has 0 aliphatic carbocycles. The Morgan fingerprint density at radius 1 is 1.27 bits per heavy atom. The number of rotatable bonds is 5. The lowest BCUT2D eigenvalue weighted by Gasteiger charge is -2.31. The van der Waals surface area contributed by atoms with Gasteiger partial charge in [-0.05, 0) is 31.4 Å². The Morgan fingerprint density at radius 2 is 2.04 bits per heavy atom. The molecule has 1 N–H and O–H groups in total. The van der Waals surface area contributed by atoms with Gasteiger partial charge in [-0.1, -0.05) is 24.3 Å². The first-order valence-electron chi connectivity index (χ1n) is 9.18. The summed E-state index contributed by atoms with van der Waals surface area (Å²) in [5.41, 5.74) is 6.32. The van der Waals surface area contributed by atoms with Crippen molar-refractivity contribution in [3.05, 3.63) is 52.3 Å². The van der Waals surface area contributed by atoms with Crippen LogP contribution in [-0.2, 0) is 30.8 Å². The topological polar surface area (TPSA) is 54.7 Å². The highest BCUT2D eigenvalue weighted by molar-refractivity contribution is 5.80. The molecule has 3 rings (SSSR count). The van der Waals surface area contributed by atoms with Gasteiger partial charge in [-0.25, -0.2) is 0 Å². The predicted molar refractivity (Wildman–Crippen MR) is 104 cm³/mol. The Labute approximate surface area is 155 Å². The Hall–Kier alpha value is -2.34. The smallest absolute Gasteiger partial charge is 0.194 e. The second-order valence-corrected chi connectivity index (χ2v) is 6.71. The van der Waals surface area contributed by atoms with E-state index in [9.17, 15) is 0 Å². The van der Waals surface area contributed by atoms with E-state index in [4.69, 9.17) is 4.74 Å². The zero-order chi connectivity index (χ0) is 18.5. The van der Waals surface area contributed by atoms with E-state index >= 15 is 0 Å². The van der Waals surface area contributed by atoms with E-state index in [1.807, 2.05) is 11.7 Å². The van der Waals surface area contributed by atoms with E-state index in [0.717, 1.165) is 44.3 Å². The van der Waals surface area contributed by atoms with Crippen molar-refractivity contribution < 1.29 is 4.74 Å². The van der Waals surface area contributed by atoms with Gasteiger partial charge in [-0.2, -0.15) is 5.10 Å². The summed E-state index contributed by atoms with van der Waals surface area (Å²) in [6.45, 7) is 8.25. The van der Waals surface area contributed by atoms with E-state index in [1.165, 1.54) is 22.4 Å². The first-order valence-corrected chi connectivity index (χ1v) is 9.18. The summed E-state index contributed by atoms with van der Waals surface area (Å²) < 4.78 is 7.19. The number of aliphatic imine (C=N–C) groups is 1. The molecule has 6 nitrogen and oxygen atoms in total. The first-order chi connectivity index (χ1) is 12.6. The number of aryl methyl sites for hydroxylation is 1. The van der Waals surface area contributed by atoms with Gasteiger partial charge in [0.25, 0.3) is 0 Å². The van der Waals surface area contributed by atoms with E-state index < -0.39 is 0 Å². The van der Waals surface area contributed by atoms with Gasteiger partial charge in [0.1, 0.15) is 0 Å². The molecule has 0 amide bonds. The number of guanidine groups is 1. The standard InChI is InChI=1S/C20H29N5O/c1-15-19(16(2)25(23-15)11-12-26-4)13-22-20(21-3)24-10-9-17-7-5-6-8-18(17)14-24/h5-8H,9-14H2,1-4H3,(H,21,22). The lowest BCUT2D eigenvalue weighted by Crippen LogP contribution is -2.43. The molecule has 0 unspecified atom stereocenters. The van der Waals surface area contributed by atoms with E-state index in [2.05, 4.69) is 58.4 Å². The highest BCUT2D eigenvalue weighted by Crippen LogP contribution is 2.19. The zero-order valence-corrected chi connectivity index (χ0v) is 16.2. The van der Waals surface area contributed by atoms with Gasteiger partial charge in [0.2, 0.25) is 0 Å². The number of nitrogens with one attached hydrogen (secondary N) is 1. The molecule has 1 aromatic carbocycles. The van der Waals surface area contributed by atoms with Crippen LogP contribution in [0.5, 0.6) is 0 Å². The number of nitrogens with zero attached hydrogens (tertiary/aromatic N) is 4. The highest BCUT2D eigenvalue weighted by Gasteiger charge is 2.19. The van der Waals surface area contributed by atoms with Crippen LogP contribution in [0, 0.1) is 13.8 Å². The second-order valence-electron chi connectivity index (χ2n) is 6.71. The molecule has 6 heteroatoms. The third-order valence-corrected chi connectivity index (χ3v) is 5.10. The minimum atomic E-state index is 0.670. The molecule has 0 spiro atoms. The number of fused-ring (bicyclic) bond motifs is 1. The fraction of sp³-hybridized carbons (Fsp3) is 0.500. The molecule has 1 aliphatic heterocycles. The first kappa shape index (κ1) is 18.5. The average Bonchev–Trinajstić information content (AvgIpc) is 2.94.